The van der Waals surface area contributed by atoms with Crippen molar-refractivity contribution in [3.05, 3.63) is 176 Å². The zero-order chi connectivity index (χ0) is 31.6. The van der Waals surface area contributed by atoms with Crippen molar-refractivity contribution in [1.82, 2.24) is 0 Å². The van der Waals surface area contributed by atoms with Crippen LogP contribution in [0, 0.1) is 0 Å². The normalized spacial score (nSPS) is 11.8. The van der Waals surface area contributed by atoms with Crippen molar-refractivity contribution in [3.63, 3.8) is 0 Å². The predicted molar refractivity (Wildman–Crippen MR) is 204 cm³/mol. The molecule has 1 heterocycles. The number of hydrogen-bond acceptors (Lipinski definition) is 2. The quantitative estimate of drug-likeness (QED) is 0.184. The van der Waals surface area contributed by atoms with Crippen LogP contribution in [-0.4, -0.2) is 0 Å². The van der Waals surface area contributed by atoms with Crippen LogP contribution in [0.2, 0.25) is 0 Å². The topological polar surface area (TPSA) is 16.4 Å². The highest BCUT2D eigenvalue weighted by atomic mass is 16.3. The molecule has 0 aliphatic heterocycles. The van der Waals surface area contributed by atoms with Crippen LogP contribution in [0.25, 0.3) is 76.2 Å². The van der Waals surface area contributed by atoms with E-state index in [9.17, 15) is 0 Å². The zero-order valence-corrected chi connectivity index (χ0v) is 26.1. The highest BCUT2D eigenvalue weighted by Gasteiger charge is 2.20. The summed E-state index contributed by atoms with van der Waals surface area (Å²) in [6.07, 6.45) is 0. The largest absolute Gasteiger partial charge is 0.454 e. The molecule has 0 atom stereocenters. The Bertz CT molecular complexity index is 2840. The van der Waals surface area contributed by atoms with E-state index in [0.717, 1.165) is 39.0 Å². The molecular formula is C46H29NO. The van der Waals surface area contributed by atoms with Crippen LogP contribution >= 0.6 is 0 Å². The van der Waals surface area contributed by atoms with Gasteiger partial charge in [-0.3, -0.25) is 0 Å². The molecule has 0 unspecified atom stereocenters. The first-order valence-corrected chi connectivity index (χ1v) is 16.4. The van der Waals surface area contributed by atoms with Crippen LogP contribution in [-0.2, 0) is 0 Å². The molecule has 0 bridgehead atoms. The number of nitrogens with zero attached hydrogens (tertiary/aromatic N) is 1. The number of hydrogen-bond donors (Lipinski definition) is 0. The summed E-state index contributed by atoms with van der Waals surface area (Å²) in [4.78, 5) is 2.34. The first-order valence-electron chi connectivity index (χ1n) is 16.4. The Morgan fingerprint density at radius 1 is 0.333 bits per heavy atom. The standard InChI is InChI=1S/C46H29NO/c1-3-10-38-31(8-1)18-19-35-28-34(23-27-40(35)38)30-20-24-36(25-21-30)47(44-14-7-13-42-41-12-5-6-15-45(41)48-46(42)44)37-26-22-33-17-16-32-9-2-4-11-39(32)43(33)29-37/h1-29H. The van der Waals surface area contributed by atoms with E-state index >= 15 is 0 Å². The van der Waals surface area contributed by atoms with Gasteiger partial charge in [-0.15, -0.1) is 0 Å². The van der Waals surface area contributed by atoms with E-state index in [1.54, 1.807) is 0 Å². The van der Waals surface area contributed by atoms with Crippen molar-refractivity contribution in [1.29, 1.82) is 0 Å². The van der Waals surface area contributed by atoms with Gasteiger partial charge in [-0.2, -0.15) is 0 Å². The number of rotatable bonds is 4. The van der Waals surface area contributed by atoms with E-state index in [2.05, 4.69) is 169 Å². The van der Waals surface area contributed by atoms with Gasteiger partial charge in [0.05, 0.1) is 5.69 Å². The summed E-state index contributed by atoms with van der Waals surface area (Å²) in [6, 6.07) is 63.4. The van der Waals surface area contributed by atoms with Crippen LogP contribution < -0.4 is 4.90 Å². The van der Waals surface area contributed by atoms with E-state index in [1.165, 1.54) is 54.2 Å². The van der Waals surface area contributed by atoms with E-state index in [1.807, 2.05) is 12.1 Å². The minimum absolute atomic E-state index is 0.877. The molecule has 224 valence electrons. The molecule has 0 saturated heterocycles. The maximum absolute atomic E-state index is 6.59. The average Bonchev–Trinajstić information content (AvgIpc) is 3.54. The molecule has 1 aromatic heterocycles. The van der Waals surface area contributed by atoms with Crippen molar-refractivity contribution < 1.29 is 4.42 Å². The molecule has 0 aliphatic carbocycles. The number of benzene rings is 9. The van der Waals surface area contributed by atoms with Gasteiger partial charge in [0.25, 0.3) is 0 Å². The number of furan rings is 1. The fourth-order valence-electron chi connectivity index (χ4n) is 7.46. The third-order valence-corrected chi connectivity index (χ3v) is 9.82. The summed E-state index contributed by atoms with van der Waals surface area (Å²) in [5.74, 6) is 0. The Morgan fingerprint density at radius 2 is 0.896 bits per heavy atom. The lowest BCUT2D eigenvalue weighted by Gasteiger charge is -2.26. The molecule has 0 amide bonds. The van der Waals surface area contributed by atoms with Gasteiger partial charge in [-0.25, -0.2) is 0 Å². The van der Waals surface area contributed by atoms with E-state index in [4.69, 9.17) is 4.42 Å². The second kappa shape index (κ2) is 10.6. The predicted octanol–water partition coefficient (Wildman–Crippen LogP) is 13.3. The van der Waals surface area contributed by atoms with E-state index < -0.39 is 0 Å². The van der Waals surface area contributed by atoms with Gasteiger partial charge in [-0.05, 0) is 96.7 Å². The molecule has 9 aromatic carbocycles. The molecule has 0 aliphatic rings. The lowest BCUT2D eigenvalue weighted by molar-refractivity contribution is 0.669. The Labute approximate surface area is 277 Å². The van der Waals surface area contributed by atoms with Gasteiger partial charge >= 0.3 is 0 Å². The van der Waals surface area contributed by atoms with Crippen molar-refractivity contribution in [2.24, 2.45) is 0 Å². The SMILES string of the molecule is c1ccc2c(c1)ccc1cc(-c3ccc(N(c4ccc5ccc6ccccc6c5c4)c4cccc5c4oc4ccccc45)cc3)ccc12. The third-order valence-electron chi connectivity index (χ3n) is 9.82. The Morgan fingerprint density at radius 3 is 1.69 bits per heavy atom. The first kappa shape index (κ1) is 26.8. The molecule has 0 radical (unpaired) electrons. The summed E-state index contributed by atoms with van der Waals surface area (Å²) >= 11 is 0. The summed E-state index contributed by atoms with van der Waals surface area (Å²) < 4.78 is 6.59. The Balaban J connectivity index is 1.15. The average molecular weight is 612 g/mol. The van der Waals surface area contributed by atoms with Gasteiger partial charge in [0.15, 0.2) is 5.58 Å². The van der Waals surface area contributed by atoms with E-state index in [-0.39, 0.29) is 0 Å². The maximum Gasteiger partial charge on any atom is 0.159 e. The Kier molecular flexibility index (Phi) is 5.91. The molecule has 2 nitrogen and oxygen atoms in total. The third kappa shape index (κ3) is 4.20. The van der Waals surface area contributed by atoms with Crippen molar-refractivity contribution in [2.75, 3.05) is 4.90 Å². The number of para-hydroxylation sites is 2. The summed E-state index contributed by atoms with van der Waals surface area (Å²) in [5.41, 5.74) is 7.31. The van der Waals surface area contributed by atoms with Gasteiger partial charge in [0.2, 0.25) is 0 Å². The lowest BCUT2D eigenvalue weighted by atomic mass is 9.97. The molecule has 48 heavy (non-hydrogen) atoms. The second-order valence-electron chi connectivity index (χ2n) is 12.5. The molecule has 0 N–H and O–H groups in total. The van der Waals surface area contributed by atoms with Gasteiger partial charge in [0.1, 0.15) is 5.58 Å². The minimum atomic E-state index is 0.877. The summed E-state index contributed by atoms with van der Waals surface area (Å²) in [7, 11) is 0. The lowest BCUT2D eigenvalue weighted by Crippen LogP contribution is -2.10. The number of fused-ring (bicyclic) bond motifs is 9. The van der Waals surface area contributed by atoms with Gasteiger partial charge < -0.3 is 9.32 Å². The van der Waals surface area contributed by atoms with Crippen molar-refractivity contribution >= 4 is 82.1 Å². The molecule has 10 rings (SSSR count). The van der Waals surface area contributed by atoms with Crippen LogP contribution in [0.15, 0.2) is 180 Å². The number of anilines is 3. The van der Waals surface area contributed by atoms with Gasteiger partial charge in [0, 0.05) is 22.1 Å². The fraction of sp³-hybridized carbons (Fsp3) is 0. The van der Waals surface area contributed by atoms with Crippen LogP contribution in [0.3, 0.4) is 0 Å². The van der Waals surface area contributed by atoms with Crippen LogP contribution in [0.5, 0.6) is 0 Å². The molecule has 0 saturated carbocycles. The van der Waals surface area contributed by atoms with Crippen LogP contribution in [0.4, 0.5) is 17.1 Å². The summed E-state index contributed by atoms with van der Waals surface area (Å²) in [5, 5.41) is 12.3. The maximum atomic E-state index is 6.59. The smallest absolute Gasteiger partial charge is 0.159 e. The second-order valence-corrected chi connectivity index (χ2v) is 12.5. The van der Waals surface area contributed by atoms with Crippen molar-refractivity contribution in [3.8, 4) is 11.1 Å². The van der Waals surface area contributed by atoms with Crippen LogP contribution in [0.1, 0.15) is 0 Å². The van der Waals surface area contributed by atoms with Gasteiger partial charge in [-0.1, -0.05) is 133 Å². The molecule has 0 spiro atoms. The summed E-state index contributed by atoms with van der Waals surface area (Å²) in [6.45, 7) is 0. The molecule has 2 heteroatoms. The molecule has 10 aromatic rings. The van der Waals surface area contributed by atoms with E-state index in [0.29, 0.717) is 0 Å². The molecule has 0 fully saturated rings. The fourth-order valence-corrected chi connectivity index (χ4v) is 7.46. The highest BCUT2D eigenvalue weighted by Crippen LogP contribution is 2.43. The Hall–Kier alpha value is -6.38. The highest BCUT2D eigenvalue weighted by molar-refractivity contribution is 6.12. The minimum Gasteiger partial charge on any atom is -0.454 e. The monoisotopic (exact) mass is 611 g/mol. The molecular weight excluding hydrogens is 583 g/mol. The first-order chi connectivity index (χ1) is 23.8. The van der Waals surface area contributed by atoms with Crippen molar-refractivity contribution in [2.45, 2.75) is 0 Å². The zero-order valence-electron chi connectivity index (χ0n) is 26.1.